The maximum Gasteiger partial charge on any atom is 0.288 e. The Morgan fingerprint density at radius 1 is 1.45 bits per heavy atom. The molecule has 106 valence electrons. The predicted molar refractivity (Wildman–Crippen MR) is 76.0 cm³/mol. The summed E-state index contributed by atoms with van der Waals surface area (Å²) in [6.07, 6.45) is 0. The molecule has 0 aromatic heterocycles. The summed E-state index contributed by atoms with van der Waals surface area (Å²) in [5.74, 6) is -1.11. The van der Waals surface area contributed by atoms with E-state index in [1.807, 2.05) is 0 Å². The van der Waals surface area contributed by atoms with E-state index in [0.717, 1.165) is 22.7 Å². The number of nitrogens with zero attached hydrogens (tertiary/aromatic N) is 1. The molecule has 1 aromatic carbocycles. The molecule has 0 radical (unpaired) electrons. The van der Waals surface area contributed by atoms with Gasteiger partial charge in [0.05, 0.1) is 11.3 Å². The fourth-order valence-electron chi connectivity index (χ4n) is 1.65. The van der Waals surface area contributed by atoms with Gasteiger partial charge in [-0.3, -0.25) is 19.3 Å². The molecule has 0 aliphatic carbocycles. The molecule has 1 aliphatic heterocycles. The lowest BCUT2D eigenvalue weighted by molar-refractivity contribution is -0.124. The Bertz CT molecular complexity index is 566. The normalized spacial score (nSPS) is 14.8. The average Bonchev–Trinajstić information content (AvgIpc) is 2.73. The van der Waals surface area contributed by atoms with Crippen LogP contribution in [0.1, 0.15) is 10.4 Å². The van der Waals surface area contributed by atoms with E-state index in [1.54, 1.807) is 0 Å². The Morgan fingerprint density at radius 2 is 2.20 bits per heavy atom. The molecule has 1 N–H and O–H groups in total. The van der Waals surface area contributed by atoms with Crippen molar-refractivity contribution in [1.82, 2.24) is 10.2 Å². The second-order valence-electron chi connectivity index (χ2n) is 3.98. The quantitative estimate of drug-likeness (QED) is 0.891. The molecule has 1 fully saturated rings. The van der Waals surface area contributed by atoms with Gasteiger partial charge in [-0.25, -0.2) is 4.39 Å². The van der Waals surface area contributed by atoms with Crippen LogP contribution in [0.15, 0.2) is 22.7 Å². The van der Waals surface area contributed by atoms with Crippen LogP contribution in [0.2, 0.25) is 0 Å². The molecule has 20 heavy (non-hydrogen) atoms. The first-order valence-corrected chi connectivity index (χ1v) is 7.47. The summed E-state index contributed by atoms with van der Waals surface area (Å²) in [5.41, 5.74) is 0.165. The van der Waals surface area contributed by atoms with Crippen LogP contribution in [0.25, 0.3) is 0 Å². The molecule has 0 unspecified atom stereocenters. The van der Waals surface area contributed by atoms with Crippen molar-refractivity contribution in [3.63, 3.8) is 0 Å². The van der Waals surface area contributed by atoms with Crippen LogP contribution < -0.4 is 5.32 Å². The van der Waals surface area contributed by atoms with Gasteiger partial charge in [-0.05, 0) is 34.1 Å². The molecule has 1 aliphatic rings. The molecule has 5 nitrogen and oxygen atoms in total. The number of thioether (sulfide) groups is 1. The Morgan fingerprint density at radius 3 is 2.85 bits per heavy atom. The molecule has 0 bridgehead atoms. The van der Waals surface area contributed by atoms with E-state index in [-0.39, 0.29) is 35.6 Å². The minimum Gasteiger partial charge on any atom is -0.350 e. The van der Waals surface area contributed by atoms with Crippen molar-refractivity contribution in [3.05, 3.63) is 34.1 Å². The summed E-state index contributed by atoms with van der Waals surface area (Å²) in [6, 6.07) is 3.79. The van der Waals surface area contributed by atoms with Crippen LogP contribution in [-0.2, 0) is 4.79 Å². The van der Waals surface area contributed by atoms with Crippen LogP contribution in [-0.4, -0.2) is 40.8 Å². The minimum atomic E-state index is -0.514. The smallest absolute Gasteiger partial charge is 0.288 e. The van der Waals surface area contributed by atoms with Gasteiger partial charge < -0.3 is 5.32 Å². The number of hydrogen-bond acceptors (Lipinski definition) is 4. The fourth-order valence-corrected chi connectivity index (χ4v) is 2.82. The third-order valence-electron chi connectivity index (χ3n) is 2.63. The molecule has 0 atom stereocenters. The Balaban J connectivity index is 1.91. The summed E-state index contributed by atoms with van der Waals surface area (Å²) >= 11 is 4.10. The Hall–Kier alpha value is -1.41. The predicted octanol–water partition coefficient (Wildman–Crippen LogP) is 2.01. The zero-order valence-electron chi connectivity index (χ0n) is 10.2. The van der Waals surface area contributed by atoms with E-state index in [0.29, 0.717) is 4.47 Å². The molecule has 3 amide bonds. The molecule has 1 heterocycles. The second kappa shape index (κ2) is 6.36. The zero-order valence-corrected chi connectivity index (χ0v) is 12.6. The number of rotatable bonds is 4. The van der Waals surface area contributed by atoms with E-state index in [9.17, 15) is 18.8 Å². The Labute approximate surface area is 127 Å². The summed E-state index contributed by atoms with van der Waals surface area (Å²) in [5, 5.41) is 2.23. The highest BCUT2D eigenvalue weighted by molar-refractivity contribution is 9.10. The third kappa shape index (κ3) is 3.37. The number of carbonyl (C=O) groups is 3. The molecule has 0 spiro atoms. The summed E-state index contributed by atoms with van der Waals surface area (Å²) < 4.78 is 13.5. The van der Waals surface area contributed by atoms with Gasteiger partial charge >= 0.3 is 0 Å². The molecule has 0 saturated carbocycles. The highest BCUT2D eigenvalue weighted by atomic mass is 79.9. The van der Waals surface area contributed by atoms with Gasteiger partial charge in [0.15, 0.2) is 0 Å². The van der Waals surface area contributed by atoms with Crippen LogP contribution in [0.5, 0.6) is 0 Å². The van der Waals surface area contributed by atoms with Crippen LogP contribution >= 0.6 is 27.7 Å². The number of imide groups is 1. The lowest BCUT2D eigenvalue weighted by Crippen LogP contribution is -2.37. The number of amides is 3. The first-order valence-electron chi connectivity index (χ1n) is 5.69. The van der Waals surface area contributed by atoms with Gasteiger partial charge in [-0.15, -0.1) is 0 Å². The zero-order chi connectivity index (χ0) is 14.7. The monoisotopic (exact) mass is 360 g/mol. The molecular formula is C12H10BrFN2O3S. The van der Waals surface area contributed by atoms with Gasteiger partial charge in [0.2, 0.25) is 5.91 Å². The summed E-state index contributed by atoms with van der Waals surface area (Å²) in [6.45, 7) is 0.239. The standard InChI is InChI=1S/C12H10BrFN2O3S/c13-9-2-1-7(14)5-8(9)11(18)15-3-4-16-10(17)6-20-12(16)19/h1-2,5H,3-4,6H2,(H,15,18). The van der Waals surface area contributed by atoms with Crippen LogP contribution in [0.3, 0.4) is 0 Å². The van der Waals surface area contributed by atoms with Crippen molar-refractivity contribution < 1.29 is 18.8 Å². The molecule has 2 rings (SSSR count). The van der Waals surface area contributed by atoms with Crippen LogP contribution in [0, 0.1) is 5.82 Å². The molecule has 1 aromatic rings. The topological polar surface area (TPSA) is 66.5 Å². The van der Waals surface area contributed by atoms with E-state index in [4.69, 9.17) is 0 Å². The van der Waals surface area contributed by atoms with E-state index in [2.05, 4.69) is 21.2 Å². The van der Waals surface area contributed by atoms with Crippen LogP contribution in [0.4, 0.5) is 9.18 Å². The molecule has 1 saturated heterocycles. The molecule has 8 heteroatoms. The third-order valence-corrected chi connectivity index (χ3v) is 4.18. The van der Waals surface area contributed by atoms with Crippen molar-refractivity contribution in [1.29, 1.82) is 0 Å². The highest BCUT2D eigenvalue weighted by Gasteiger charge is 2.29. The van der Waals surface area contributed by atoms with Gasteiger partial charge in [0, 0.05) is 17.6 Å². The minimum absolute atomic E-state index is 0.114. The number of carbonyl (C=O) groups excluding carboxylic acids is 3. The van der Waals surface area contributed by atoms with Gasteiger partial charge in [-0.2, -0.15) is 0 Å². The van der Waals surface area contributed by atoms with Crippen molar-refractivity contribution in [3.8, 4) is 0 Å². The number of hydrogen-bond donors (Lipinski definition) is 1. The summed E-state index contributed by atoms with van der Waals surface area (Å²) in [7, 11) is 0. The lowest BCUT2D eigenvalue weighted by atomic mass is 10.2. The fraction of sp³-hybridized carbons (Fsp3) is 0.250. The number of halogens is 2. The maximum atomic E-state index is 13.1. The maximum absolute atomic E-state index is 13.1. The number of nitrogens with one attached hydrogen (secondary N) is 1. The second-order valence-corrected chi connectivity index (χ2v) is 5.76. The SMILES string of the molecule is O=C(NCCN1C(=O)CSC1=O)c1cc(F)ccc1Br. The van der Waals surface area contributed by atoms with E-state index in [1.165, 1.54) is 12.1 Å². The van der Waals surface area contributed by atoms with Gasteiger partial charge in [0.1, 0.15) is 5.82 Å². The van der Waals surface area contributed by atoms with Crippen molar-refractivity contribution in [2.45, 2.75) is 0 Å². The highest BCUT2D eigenvalue weighted by Crippen LogP contribution is 2.19. The van der Waals surface area contributed by atoms with Gasteiger partial charge in [0.25, 0.3) is 11.1 Å². The largest absolute Gasteiger partial charge is 0.350 e. The van der Waals surface area contributed by atoms with E-state index >= 15 is 0 Å². The Kier molecular flexibility index (Phi) is 4.77. The summed E-state index contributed by atoms with van der Waals surface area (Å²) in [4.78, 5) is 35.6. The first-order chi connectivity index (χ1) is 9.49. The molecular weight excluding hydrogens is 351 g/mol. The van der Waals surface area contributed by atoms with E-state index < -0.39 is 11.7 Å². The van der Waals surface area contributed by atoms with Crippen molar-refractivity contribution in [2.24, 2.45) is 0 Å². The number of benzene rings is 1. The van der Waals surface area contributed by atoms with Crippen molar-refractivity contribution in [2.75, 3.05) is 18.8 Å². The van der Waals surface area contributed by atoms with Crippen molar-refractivity contribution >= 4 is 44.7 Å². The van der Waals surface area contributed by atoms with Gasteiger partial charge in [-0.1, -0.05) is 11.8 Å². The first kappa shape index (κ1) is 15.0. The lowest BCUT2D eigenvalue weighted by Gasteiger charge is -2.13. The average molecular weight is 361 g/mol.